The summed E-state index contributed by atoms with van der Waals surface area (Å²) in [6.07, 6.45) is 2.22. The quantitative estimate of drug-likeness (QED) is 0.898. The van der Waals surface area contributed by atoms with Gasteiger partial charge in [-0.15, -0.1) is 0 Å². The van der Waals surface area contributed by atoms with Crippen LogP contribution in [-0.4, -0.2) is 17.0 Å². The van der Waals surface area contributed by atoms with Crippen LogP contribution in [0.25, 0.3) is 0 Å². The van der Waals surface area contributed by atoms with Crippen molar-refractivity contribution in [1.82, 2.24) is 9.97 Å². The van der Waals surface area contributed by atoms with Crippen LogP contribution in [0.15, 0.2) is 24.5 Å². The zero-order valence-electron chi connectivity index (χ0n) is 10.7. The summed E-state index contributed by atoms with van der Waals surface area (Å²) in [5.41, 5.74) is 1.54. The number of hydrogen-bond donors (Lipinski definition) is 2. The van der Waals surface area contributed by atoms with Crippen LogP contribution in [0.4, 0.5) is 21.7 Å². The van der Waals surface area contributed by atoms with Crippen molar-refractivity contribution in [3.63, 3.8) is 0 Å². The van der Waals surface area contributed by atoms with Gasteiger partial charge in [-0.1, -0.05) is 18.5 Å². The number of anilines is 3. The average molecular weight is 281 g/mol. The van der Waals surface area contributed by atoms with E-state index in [1.54, 1.807) is 13.1 Å². The van der Waals surface area contributed by atoms with Gasteiger partial charge in [0.2, 0.25) is 0 Å². The molecule has 0 fully saturated rings. The number of halogens is 2. The predicted molar refractivity (Wildman–Crippen MR) is 75.6 cm³/mol. The van der Waals surface area contributed by atoms with E-state index in [4.69, 9.17) is 11.6 Å². The molecule has 2 N–H and O–H groups in total. The third-order valence-electron chi connectivity index (χ3n) is 2.72. The van der Waals surface area contributed by atoms with E-state index in [1.807, 2.05) is 6.92 Å². The van der Waals surface area contributed by atoms with Crippen LogP contribution in [0.3, 0.4) is 0 Å². The Morgan fingerprint density at radius 1 is 1.26 bits per heavy atom. The van der Waals surface area contributed by atoms with Crippen LogP contribution in [0.1, 0.15) is 12.5 Å². The molecule has 100 valence electrons. The number of hydrogen-bond acceptors (Lipinski definition) is 4. The molecule has 0 radical (unpaired) electrons. The molecule has 0 spiro atoms. The highest BCUT2D eigenvalue weighted by Crippen LogP contribution is 2.25. The normalized spacial score (nSPS) is 10.3. The number of benzene rings is 1. The fourth-order valence-electron chi connectivity index (χ4n) is 1.78. The molecule has 0 saturated heterocycles. The van der Waals surface area contributed by atoms with Crippen molar-refractivity contribution in [2.24, 2.45) is 0 Å². The third kappa shape index (κ3) is 2.93. The molecule has 19 heavy (non-hydrogen) atoms. The maximum atomic E-state index is 13.4. The Balaban J connectivity index is 2.35. The molecule has 0 aliphatic rings. The molecule has 1 heterocycles. The van der Waals surface area contributed by atoms with Crippen molar-refractivity contribution < 1.29 is 4.39 Å². The van der Waals surface area contributed by atoms with Crippen molar-refractivity contribution in [1.29, 1.82) is 0 Å². The first-order chi connectivity index (χ1) is 9.15. The van der Waals surface area contributed by atoms with E-state index in [0.717, 1.165) is 17.8 Å². The minimum absolute atomic E-state index is 0.0971. The number of nitrogens with zero attached hydrogens (tertiary/aromatic N) is 2. The van der Waals surface area contributed by atoms with Crippen molar-refractivity contribution in [2.45, 2.75) is 13.3 Å². The second-order valence-corrected chi connectivity index (χ2v) is 4.31. The van der Waals surface area contributed by atoms with Crippen LogP contribution in [0, 0.1) is 5.82 Å². The number of nitrogens with one attached hydrogen (secondary N) is 2. The molecule has 1 aromatic carbocycles. The van der Waals surface area contributed by atoms with Gasteiger partial charge in [0, 0.05) is 18.3 Å². The zero-order chi connectivity index (χ0) is 13.8. The summed E-state index contributed by atoms with van der Waals surface area (Å²) in [6, 6.07) is 4.54. The monoisotopic (exact) mass is 280 g/mol. The molecule has 4 nitrogen and oxygen atoms in total. The smallest absolute Gasteiger partial charge is 0.143 e. The van der Waals surface area contributed by atoms with E-state index in [2.05, 4.69) is 20.6 Å². The van der Waals surface area contributed by atoms with Gasteiger partial charge >= 0.3 is 0 Å². The van der Waals surface area contributed by atoms with Gasteiger partial charge in [0.1, 0.15) is 23.8 Å². The predicted octanol–water partition coefficient (Wildman–Crippen LogP) is 3.62. The van der Waals surface area contributed by atoms with Crippen molar-refractivity contribution in [3.8, 4) is 0 Å². The summed E-state index contributed by atoms with van der Waals surface area (Å²) in [5.74, 6) is 0.950. The molecule has 1 aromatic heterocycles. The molecule has 0 saturated carbocycles. The maximum Gasteiger partial charge on any atom is 0.143 e. The molecule has 0 aliphatic carbocycles. The lowest BCUT2D eigenvalue weighted by Gasteiger charge is -2.13. The van der Waals surface area contributed by atoms with E-state index in [0.29, 0.717) is 11.5 Å². The van der Waals surface area contributed by atoms with Crippen molar-refractivity contribution in [2.75, 3.05) is 17.7 Å². The second-order valence-electron chi connectivity index (χ2n) is 3.91. The average Bonchev–Trinajstić information content (AvgIpc) is 2.42. The summed E-state index contributed by atoms with van der Waals surface area (Å²) in [7, 11) is 1.80. The summed E-state index contributed by atoms with van der Waals surface area (Å²) >= 11 is 5.65. The van der Waals surface area contributed by atoms with Gasteiger partial charge in [-0.25, -0.2) is 14.4 Å². The standard InChI is InChI=1S/C13H14ClFN4/c1-3-9-12(16-2)17-7-18-13(9)19-8-4-5-10(14)11(15)6-8/h4-7H,3H2,1-2H3,(H2,16,17,18,19). The lowest BCUT2D eigenvalue weighted by atomic mass is 10.2. The van der Waals surface area contributed by atoms with Gasteiger partial charge in [0.05, 0.1) is 5.02 Å². The van der Waals surface area contributed by atoms with Crippen LogP contribution in [0.2, 0.25) is 5.02 Å². The molecular weight excluding hydrogens is 267 g/mol. The van der Waals surface area contributed by atoms with E-state index >= 15 is 0 Å². The Morgan fingerprint density at radius 2 is 2.00 bits per heavy atom. The van der Waals surface area contributed by atoms with Crippen LogP contribution in [-0.2, 0) is 6.42 Å². The topological polar surface area (TPSA) is 49.8 Å². The summed E-state index contributed by atoms with van der Waals surface area (Å²) in [4.78, 5) is 8.33. The van der Waals surface area contributed by atoms with Gasteiger partial charge in [-0.2, -0.15) is 0 Å². The first-order valence-electron chi connectivity index (χ1n) is 5.89. The largest absolute Gasteiger partial charge is 0.373 e. The molecule has 0 atom stereocenters. The Morgan fingerprint density at radius 3 is 2.63 bits per heavy atom. The minimum atomic E-state index is -0.465. The van der Waals surface area contributed by atoms with Gasteiger partial charge < -0.3 is 10.6 Å². The van der Waals surface area contributed by atoms with E-state index in [9.17, 15) is 4.39 Å². The van der Waals surface area contributed by atoms with Gasteiger partial charge in [-0.05, 0) is 24.6 Å². The van der Waals surface area contributed by atoms with Crippen LogP contribution < -0.4 is 10.6 Å². The lowest BCUT2D eigenvalue weighted by Crippen LogP contribution is -2.04. The van der Waals surface area contributed by atoms with Crippen molar-refractivity contribution in [3.05, 3.63) is 40.9 Å². The van der Waals surface area contributed by atoms with Gasteiger partial charge in [0.25, 0.3) is 0 Å². The molecule has 0 aliphatic heterocycles. The first-order valence-corrected chi connectivity index (χ1v) is 6.27. The zero-order valence-corrected chi connectivity index (χ0v) is 11.4. The van der Waals surface area contributed by atoms with Gasteiger partial charge in [0.15, 0.2) is 0 Å². The Labute approximate surface area is 116 Å². The van der Waals surface area contributed by atoms with E-state index in [-0.39, 0.29) is 5.02 Å². The lowest BCUT2D eigenvalue weighted by molar-refractivity contribution is 0.629. The first kappa shape index (κ1) is 13.5. The second kappa shape index (κ2) is 5.84. The van der Waals surface area contributed by atoms with Crippen LogP contribution >= 0.6 is 11.6 Å². The maximum absolute atomic E-state index is 13.4. The molecule has 2 rings (SSSR count). The Bertz CT molecular complexity index is 589. The van der Waals surface area contributed by atoms with E-state index in [1.165, 1.54) is 18.5 Å². The van der Waals surface area contributed by atoms with E-state index < -0.39 is 5.82 Å². The molecule has 0 bridgehead atoms. The Kier molecular flexibility index (Phi) is 4.16. The summed E-state index contributed by atoms with van der Waals surface area (Å²) < 4.78 is 13.4. The summed E-state index contributed by atoms with van der Waals surface area (Å²) in [5, 5.41) is 6.18. The minimum Gasteiger partial charge on any atom is -0.373 e. The third-order valence-corrected chi connectivity index (χ3v) is 3.02. The molecule has 0 unspecified atom stereocenters. The highest BCUT2D eigenvalue weighted by atomic mass is 35.5. The molecule has 2 aromatic rings. The fraction of sp³-hybridized carbons (Fsp3) is 0.231. The number of rotatable bonds is 4. The van der Waals surface area contributed by atoms with Crippen molar-refractivity contribution >= 4 is 28.9 Å². The van der Waals surface area contributed by atoms with Crippen LogP contribution in [0.5, 0.6) is 0 Å². The van der Waals surface area contributed by atoms with Gasteiger partial charge in [-0.3, -0.25) is 0 Å². The SMILES string of the molecule is CCc1c(NC)ncnc1Nc1ccc(Cl)c(F)c1. The number of aromatic nitrogens is 2. The Hall–Kier alpha value is -1.88. The highest BCUT2D eigenvalue weighted by Gasteiger charge is 2.09. The molecule has 6 heteroatoms. The fourth-order valence-corrected chi connectivity index (χ4v) is 1.90. The molecule has 0 amide bonds. The highest BCUT2D eigenvalue weighted by molar-refractivity contribution is 6.30. The summed E-state index contributed by atoms with van der Waals surface area (Å²) in [6.45, 7) is 2.01. The molecular formula is C13H14ClFN4.